The molecule has 0 saturated carbocycles. The van der Waals surface area contributed by atoms with Gasteiger partial charge in [0, 0.05) is 24.7 Å². The number of piperidine rings is 1. The van der Waals surface area contributed by atoms with Gasteiger partial charge >= 0.3 is 0 Å². The summed E-state index contributed by atoms with van der Waals surface area (Å²) >= 11 is 0. The van der Waals surface area contributed by atoms with E-state index in [-0.39, 0.29) is 17.9 Å². The molecule has 1 N–H and O–H groups in total. The lowest BCUT2D eigenvalue weighted by molar-refractivity contribution is -0.139. The first-order chi connectivity index (χ1) is 13.6. The number of likely N-dealkylation sites (tertiary alicyclic amines) is 1. The standard InChI is InChI=1S/C22H26N2O4/c1-16(28-20-10-8-19(27-2)9-11-20)22(26)24-14-12-18(13-15-24)23-21(25)17-6-4-3-5-7-17/h3-11,16,18H,12-15H2,1-2H3,(H,23,25). The van der Waals surface area contributed by atoms with Crippen LogP contribution in [0.1, 0.15) is 30.1 Å². The normalized spacial score (nSPS) is 15.6. The Morgan fingerprint density at radius 3 is 2.21 bits per heavy atom. The summed E-state index contributed by atoms with van der Waals surface area (Å²) in [4.78, 5) is 26.7. The van der Waals surface area contributed by atoms with Crippen molar-refractivity contribution in [2.75, 3.05) is 20.2 Å². The summed E-state index contributed by atoms with van der Waals surface area (Å²) in [7, 11) is 1.61. The van der Waals surface area contributed by atoms with Crippen LogP contribution in [0.2, 0.25) is 0 Å². The minimum Gasteiger partial charge on any atom is -0.497 e. The van der Waals surface area contributed by atoms with E-state index in [1.54, 1.807) is 55.3 Å². The van der Waals surface area contributed by atoms with Gasteiger partial charge in [0.2, 0.25) is 0 Å². The van der Waals surface area contributed by atoms with Gasteiger partial charge in [-0.05, 0) is 56.2 Å². The number of carbonyl (C=O) groups excluding carboxylic acids is 2. The molecular formula is C22H26N2O4. The van der Waals surface area contributed by atoms with E-state index in [1.807, 2.05) is 18.2 Å². The van der Waals surface area contributed by atoms with Crippen molar-refractivity contribution in [2.24, 2.45) is 0 Å². The highest BCUT2D eigenvalue weighted by Crippen LogP contribution is 2.19. The van der Waals surface area contributed by atoms with Crippen LogP contribution in [-0.4, -0.2) is 49.1 Å². The number of nitrogens with zero attached hydrogens (tertiary/aromatic N) is 1. The molecule has 0 aromatic heterocycles. The van der Waals surface area contributed by atoms with Crippen LogP contribution in [-0.2, 0) is 4.79 Å². The molecule has 6 heteroatoms. The second-order valence-electron chi connectivity index (χ2n) is 6.87. The van der Waals surface area contributed by atoms with E-state index < -0.39 is 6.10 Å². The van der Waals surface area contributed by atoms with Gasteiger partial charge in [-0.15, -0.1) is 0 Å². The Morgan fingerprint density at radius 2 is 1.61 bits per heavy atom. The smallest absolute Gasteiger partial charge is 0.263 e. The highest BCUT2D eigenvalue weighted by atomic mass is 16.5. The highest BCUT2D eigenvalue weighted by molar-refractivity contribution is 5.94. The van der Waals surface area contributed by atoms with E-state index in [0.717, 1.165) is 18.6 Å². The SMILES string of the molecule is COc1ccc(OC(C)C(=O)N2CCC(NC(=O)c3ccccc3)CC2)cc1. The summed E-state index contributed by atoms with van der Waals surface area (Å²) in [5, 5.41) is 3.05. The van der Waals surface area contributed by atoms with E-state index in [4.69, 9.17) is 9.47 Å². The first kappa shape index (κ1) is 19.7. The largest absolute Gasteiger partial charge is 0.497 e. The average Bonchev–Trinajstić information content (AvgIpc) is 2.75. The van der Waals surface area contributed by atoms with Crippen LogP contribution < -0.4 is 14.8 Å². The molecule has 0 spiro atoms. The molecule has 1 heterocycles. The number of benzene rings is 2. The highest BCUT2D eigenvalue weighted by Gasteiger charge is 2.27. The van der Waals surface area contributed by atoms with Crippen molar-refractivity contribution in [1.82, 2.24) is 10.2 Å². The van der Waals surface area contributed by atoms with Gasteiger partial charge in [0.05, 0.1) is 7.11 Å². The minimum atomic E-state index is -0.566. The predicted octanol–water partition coefficient (Wildman–Crippen LogP) is 2.88. The summed E-state index contributed by atoms with van der Waals surface area (Å²) < 4.78 is 10.9. The number of amides is 2. The molecule has 2 aromatic carbocycles. The van der Waals surface area contributed by atoms with Crippen LogP contribution in [0.5, 0.6) is 11.5 Å². The van der Waals surface area contributed by atoms with Gasteiger partial charge in [-0.3, -0.25) is 9.59 Å². The Morgan fingerprint density at radius 1 is 1.00 bits per heavy atom. The molecule has 6 nitrogen and oxygen atoms in total. The summed E-state index contributed by atoms with van der Waals surface area (Å²) in [6.07, 6.45) is 0.905. The summed E-state index contributed by atoms with van der Waals surface area (Å²) in [5.41, 5.74) is 0.655. The Bertz CT molecular complexity index is 784. The molecule has 148 valence electrons. The van der Waals surface area contributed by atoms with Gasteiger partial charge in [0.25, 0.3) is 11.8 Å². The maximum atomic E-state index is 12.7. The Kier molecular flexibility index (Phi) is 6.53. The molecule has 1 fully saturated rings. The van der Waals surface area contributed by atoms with Crippen LogP contribution in [0.15, 0.2) is 54.6 Å². The molecule has 0 bridgehead atoms. The zero-order chi connectivity index (χ0) is 19.9. The van der Waals surface area contributed by atoms with Gasteiger partial charge < -0.3 is 19.7 Å². The van der Waals surface area contributed by atoms with E-state index in [1.165, 1.54) is 0 Å². The van der Waals surface area contributed by atoms with Crippen molar-refractivity contribution in [1.29, 1.82) is 0 Å². The molecular weight excluding hydrogens is 356 g/mol. The summed E-state index contributed by atoms with van der Waals surface area (Å²) in [6.45, 7) is 2.97. The maximum absolute atomic E-state index is 12.7. The molecule has 1 unspecified atom stereocenters. The first-order valence-electron chi connectivity index (χ1n) is 9.52. The van der Waals surface area contributed by atoms with Crippen LogP contribution in [0.25, 0.3) is 0 Å². The fourth-order valence-corrected chi connectivity index (χ4v) is 3.27. The van der Waals surface area contributed by atoms with Crippen molar-refractivity contribution >= 4 is 11.8 Å². The number of ether oxygens (including phenoxy) is 2. The number of hydrogen-bond donors (Lipinski definition) is 1. The maximum Gasteiger partial charge on any atom is 0.263 e. The van der Waals surface area contributed by atoms with Crippen LogP contribution in [0.4, 0.5) is 0 Å². The van der Waals surface area contributed by atoms with Crippen LogP contribution >= 0.6 is 0 Å². The van der Waals surface area contributed by atoms with Crippen molar-refractivity contribution in [3.05, 3.63) is 60.2 Å². The Labute approximate surface area is 165 Å². The van der Waals surface area contributed by atoms with Gasteiger partial charge in [-0.2, -0.15) is 0 Å². The van der Waals surface area contributed by atoms with E-state index in [0.29, 0.717) is 24.4 Å². The van der Waals surface area contributed by atoms with Gasteiger partial charge in [-0.25, -0.2) is 0 Å². The molecule has 3 rings (SSSR count). The second kappa shape index (κ2) is 9.26. The molecule has 0 aliphatic carbocycles. The molecule has 2 aromatic rings. The van der Waals surface area contributed by atoms with Gasteiger partial charge in [0.1, 0.15) is 11.5 Å². The van der Waals surface area contributed by atoms with Gasteiger partial charge in [-0.1, -0.05) is 18.2 Å². The monoisotopic (exact) mass is 382 g/mol. The predicted molar refractivity (Wildman–Crippen MR) is 107 cm³/mol. The third kappa shape index (κ3) is 5.03. The fraction of sp³-hybridized carbons (Fsp3) is 0.364. The lowest BCUT2D eigenvalue weighted by atomic mass is 10.0. The quantitative estimate of drug-likeness (QED) is 0.834. The minimum absolute atomic E-state index is 0.0383. The lowest BCUT2D eigenvalue weighted by Gasteiger charge is -2.33. The topological polar surface area (TPSA) is 67.9 Å². The molecule has 1 aliphatic rings. The zero-order valence-electron chi connectivity index (χ0n) is 16.3. The molecule has 1 atom stereocenters. The van der Waals surface area contributed by atoms with Crippen molar-refractivity contribution in [2.45, 2.75) is 31.9 Å². The lowest BCUT2D eigenvalue weighted by Crippen LogP contribution is -2.49. The number of rotatable bonds is 6. The summed E-state index contributed by atoms with van der Waals surface area (Å²) in [5.74, 6) is 1.27. The molecule has 2 amide bonds. The number of hydrogen-bond acceptors (Lipinski definition) is 4. The third-order valence-corrected chi connectivity index (χ3v) is 4.90. The van der Waals surface area contributed by atoms with E-state index >= 15 is 0 Å². The number of nitrogens with one attached hydrogen (secondary N) is 1. The van der Waals surface area contributed by atoms with Crippen molar-refractivity contribution < 1.29 is 19.1 Å². The third-order valence-electron chi connectivity index (χ3n) is 4.90. The van der Waals surface area contributed by atoms with Crippen molar-refractivity contribution in [3.63, 3.8) is 0 Å². The number of carbonyl (C=O) groups is 2. The first-order valence-corrected chi connectivity index (χ1v) is 9.52. The number of methoxy groups -OCH3 is 1. The molecule has 1 aliphatic heterocycles. The average molecular weight is 382 g/mol. The van der Waals surface area contributed by atoms with Crippen LogP contribution in [0, 0.1) is 0 Å². The van der Waals surface area contributed by atoms with E-state index in [2.05, 4.69) is 5.32 Å². The Balaban J connectivity index is 1.46. The van der Waals surface area contributed by atoms with Crippen LogP contribution in [0.3, 0.4) is 0 Å². The second-order valence-corrected chi connectivity index (χ2v) is 6.87. The van der Waals surface area contributed by atoms with Crippen molar-refractivity contribution in [3.8, 4) is 11.5 Å². The molecule has 0 radical (unpaired) electrons. The van der Waals surface area contributed by atoms with E-state index in [9.17, 15) is 9.59 Å². The molecule has 1 saturated heterocycles. The summed E-state index contributed by atoms with van der Waals surface area (Å²) in [6, 6.07) is 16.4. The molecule has 28 heavy (non-hydrogen) atoms. The van der Waals surface area contributed by atoms with Gasteiger partial charge in [0.15, 0.2) is 6.10 Å². The Hall–Kier alpha value is -3.02. The zero-order valence-corrected chi connectivity index (χ0v) is 16.3. The fourth-order valence-electron chi connectivity index (χ4n) is 3.27.